The molecule has 3 fully saturated rings. The van der Waals surface area contributed by atoms with E-state index >= 15 is 0 Å². The van der Waals surface area contributed by atoms with Gasteiger partial charge in [0.2, 0.25) is 0 Å². The van der Waals surface area contributed by atoms with Gasteiger partial charge in [-0.15, -0.1) is 11.8 Å². The molecule has 9 heteroatoms. The van der Waals surface area contributed by atoms with Crippen LogP contribution in [0.25, 0.3) is 0 Å². The fourth-order valence-corrected chi connectivity index (χ4v) is 7.22. The summed E-state index contributed by atoms with van der Waals surface area (Å²) in [7, 11) is -3.52. The van der Waals surface area contributed by atoms with Gasteiger partial charge in [0.1, 0.15) is 17.5 Å². The van der Waals surface area contributed by atoms with Crippen LogP contribution in [0, 0.1) is 0 Å². The van der Waals surface area contributed by atoms with Crippen LogP contribution in [-0.4, -0.2) is 54.9 Å². The molecule has 0 aliphatic carbocycles. The smallest absolute Gasteiger partial charge is 0.333 e. The third kappa shape index (κ3) is 3.14. The van der Waals surface area contributed by atoms with Crippen molar-refractivity contribution in [3.05, 3.63) is 12.2 Å². The third-order valence-corrected chi connectivity index (χ3v) is 7.78. The molecular weight excluding hydrogens is 344 g/mol. The molecule has 0 aromatic rings. The molecule has 3 saturated heterocycles. The highest BCUT2D eigenvalue weighted by Gasteiger charge is 2.66. The fraction of sp³-hybridized carbons (Fsp3) is 0.714. The molecule has 0 saturated carbocycles. The molecule has 7 nitrogen and oxygen atoms in total. The monoisotopic (exact) mass is 362 g/mol. The second kappa shape index (κ2) is 6.10. The highest BCUT2D eigenvalue weighted by Crippen LogP contribution is 2.55. The maximum absolute atomic E-state index is 11.9. The molecule has 3 aliphatic rings. The first-order chi connectivity index (χ1) is 10.8. The number of ether oxygens (including phenoxy) is 2. The van der Waals surface area contributed by atoms with Gasteiger partial charge in [-0.3, -0.25) is 8.98 Å². The van der Waals surface area contributed by atoms with Gasteiger partial charge in [0.25, 0.3) is 10.1 Å². The van der Waals surface area contributed by atoms with Crippen LogP contribution in [-0.2, 0) is 33.4 Å². The maximum Gasteiger partial charge on any atom is 0.333 e. The molecule has 3 heterocycles. The quantitative estimate of drug-likeness (QED) is 0.296. The van der Waals surface area contributed by atoms with Crippen molar-refractivity contribution in [3.8, 4) is 0 Å². The van der Waals surface area contributed by atoms with Crippen LogP contribution in [0.3, 0.4) is 0 Å². The molecule has 0 aromatic heterocycles. The van der Waals surface area contributed by atoms with Crippen molar-refractivity contribution in [2.45, 2.75) is 54.1 Å². The van der Waals surface area contributed by atoms with Gasteiger partial charge >= 0.3 is 11.9 Å². The fourth-order valence-electron chi connectivity index (χ4n) is 3.08. The second-order valence-electron chi connectivity index (χ2n) is 5.94. The Morgan fingerprint density at radius 2 is 2.13 bits per heavy atom. The molecule has 128 valence electrons. The Morgan fingerprint density at radius 1 is 1.39 bits per heavy atom. The lowest BCUT2D eigenvalue weighted by Crippen LogP contribution is -2.41. The molecule has 0 spiro atoms. The van der Waals surface area contributed by atoms with Crippen molar-refractivity contribution in [1.29, 1.82) is 0 Å². The van der Waals surface area contributed by atoms with E-state index in [1.54, 1.807) is 6.92 Å². The Kier molecular flexibility index (Phi) is 4.45. The largest absolute Gasteiger partial charge is 0.462 e. The summed E-state index contributed by atoms with van der Waals surface area (Å²) < 4.78 is 39.0. The maximum atomic E-state index is 11.9. The Bertz CT molecular complexity index is 642. The molecular formula is C14H18O7S2. The van der Waals surface area contributed by atoms with E-state index in [0.717, 1.165) is 0 Å². The van der Waals surface area contributed by atoms with Crippen molar-refractivity contribution in [2.24, 2.45) is 0 Å². The minimum absolute atomic E-state index is 0.0162. The van der Waals surface area contributed by atoms with E-state index < -0.39 is 39.5 Å². The zero-order chi connectivity index (χ0) is 16.8. The highest BCUT2D eigenvalue weighted by atomic mass is 32.2. The zero-order valence-electron chi connectivity index (χ0n) is 12.6. The SMILES string of the molecule is C=C(C)C(=O)OCCCC(=O)OC1C2CC3C(S2)C1OS3(=O)=O. The lowest BCUT2D eigenvalue weighted by Gasteiger charge is -2.23. The van der Waals surface area contributed by atoms with Crippen molar-refractivity contribution < 1.29 is 31.7 Å². The van der Waals surface area contributed by atoms with Crippen LogP contribution < -0.4 is 0 Å². The predicted molar refractivity (Wildman–Crippen MR) is 82.3 cm³/mol. The molecule has 3 rings (SSSR count). The molecule has 2 bridgehead atoms. The molecule has 0 aromatic carbocycles. The molecule has 5 atom stereocenters. The van der Waals surface area contributed by atoms with Crippen molar-refractivity contribution in [3.63, 3.8) is 0 Å². The summed E-state index contributed by atoms with van der Waals surface area (Å²) in [6.07, 6.45) is -0.145. The Morgan fingerprint density at radius 3 is 2.83 bits per heavy atom. The minimum atomic E-state index is -3.52. The third-order valence-electron chi connectivity index (χ3n) is 4.17. The number of esters is 2. The number of fused-ring (bicyclic) bond motifs is 1. The van der Waals surface area contributed by atoms with Gasteiger partial charge in [0.05, 0.1) is 11.9 Å². The summed E-state index contributed by atoms with van der Waals surface area (Å²) in [5.74, 6) is -0.919. The molecule has 5 unspecified atom stereocenters. The van der Waals surface area contributed by atoms with E-state index in [0.29, 0.717) is 18.4 Å². The average molecular weight is 362 g/mol. The lowest BCUT2D eigenvalue weighted by atomic mass is 9.94. The van der Waals surface area contributed by atoms with Gasteiger partial charge in [-0.2, -0.15) is 8.42 Å². The topological polar surface area (TPSA) is 96.0 Å². The summed E-state index contributed by atoms with van der Waals surface area (Å²) in [6.45, 7) is 5.12. The van der Waals surface area contributed by atoms with Crippen LogP contribution in [0.2, 0.25) is 0 Å². The van der Waals surface area contributed by atoms with Crippen LogP contribution >= 0.6 is 11.8 Å². The number of carbonyl (C=O) groups excluding carboxylic acids is 2. The molecule has 3 aliphatic heterocycles. The molecule has 0 amide bonds. The summed E-state index contributed by atoms with van der Waals surface area (Å²) in [5, 5.41) is -0.601. The summed E-state index contributed by atoms with van der Waals surface area (Å²) in [4.78, 5) is 23.1. The average Bonchev–Trinajstić information content (AvgIpc) is 3.07. The van der Waals surface area contributed by atoms with Gasteiger partial charge < -0.3 is 9.47 Å². The Labute approximate surface area is 138 Å². The van der Waals surface area contributed by atoms with Crippen LogP contribution in [0.1, 0.15) is 26.2 Å². The summed E-state index contributed by atoms with van der Waals surface area (Å²) >= 11 is 1.54. The molecule has 0 N–H and O–H groups in total. The zero-order valence-corrected chi connectivity index (χ0v) is 14.2. The standard InChI is InChI=1S/C14H18O7S2/c1-7(2)14(16)19-5-3-4-10(15)20-11-8-6-9-13(22-8)12(11)21-23(9,17)18/h8-9,11-13H,1,3-6H2,2H3. The molecule has 0 radical (unpaired) electrons. The number of hydrogen-bond acceptors (Lipinski definition) is 8. The Balaban J connectivity index is 1.45. The van der Waals surface area contributed by atoms with Crippen molar-refractivity contribution in [2.75, 3.05) is 6.61 Å². The van der Waals surface area contributed by atoms with Gasteiger partial charge in [0, 0.05) is 17.2 Å². The second-order valence-corrected chi connectivity index (χ2v) is 9.15. The predicted octanol–water partition coefficient (Wildman–Crippen LogP) is 0.783. The first-order valence-corrected chi connectivity index (χ1v) is 9.80. The van der Waals surface area contributed by atoms with E-state index in [-0.39, 0.29) is 23.5 Å². The normalized spacial score (nSPS) is 36.0. The number of rotatable bonds is 6. The van der Waals surface area contributed by atoms with Gasteiger partial charge in [-0.1, -0.05) is 6.58 Å². The van der Waals surface area contributed by atoms with Crippen molar-refractivity contribution >= 4 is 33.8 Å². The Hall–Kier alpha value is -1.06. The number of hydrogen-bond donors (Lipinski definition) is 0. The first-order valence-electron chi connectivity index (χ1n) is 7.39. The van der Waals surface area contributed by atoms with E-state index in [1.807, 2.05) is 0 Å². The van der Waals surface area contributed by atoms with Crippen LogP contribution in [0.5, 0.6) is 0 Å². The highest BCUT2D eigenvalue weighted by molar-refractivity contribution is 8.03. The van der Waals surface area contributed by atoms with E-state index in [2.05, 4.69) is 6.58 Å². The van der Waals surface area contributed by atoms with Crippen LogP contribution in [0.4, 0.5) is 0 Å². The number of carbonyl (C=O) groups is 2. The van der Waals surface area contributed by atoms with E-state index in [4.69, 9.17) is 13.7 Å². The minimum Gasteiger partial charge on any atom is -0.462 e. The van der Waals surface area contributed by atoms with E-state index in [1.165, 1.54) is 11.8 Å². The van der Waals surface area contributed by atoms with Crippen LogP contribution in [0.15, 0.2) is 12.2 Å². The lowest BCUT2D eigenvalue weighted by molar-refractivity contribution is -0.154. The van der Waals surface area contributed by atoms with Crippen molar-refractivity contribution in [1.82, 2.24) is 0 Å². The molecule has 23 heavy (non-hydrogen) atoms. The van der Waals surface area contributed by atoms with E-state index in [9.17, 15) is 18.0 Å². The van der Waals surface area contributed by atoms with Gasteiger partial charge in [-0.25, -0.2) is 4.79 Å². The summed E-state index contributed by atoms with van der Waals surface area (Å²) in [6, 6.07) is 0. The van der Waals surface area contributed by atoms with Gasteiger partial charge in [0.15, 0.2) is 0 Å². The first kappa shape index (κ1) is 16.8. The van der Waals surface area contributed by atoms with Gasteiger partial charge in [-0.05, 0) is 19.8 Å². The number of thioether (sulfide) groups is 1. The summed E-state index contributed by atoms with van der Waals surface area (Å²) in [5.41, 5.74) is 0.306.